The Kier molecular flexibility index (Phi) is 5.30. The van der Waals surface area contributed by atoms with Crippen LogP contribution in [0.5, 0.6) is 0 Å². The third-order valence-corrected chi connectivity index (χ3v) is 3.07. The van der Waals surface area contributed by atoms with Crippen molar-refractivity contribution in [3.05, 3.63) is 66.0 Å². The molecular weight excluding hydrogens is 250 g/mol. The van der Waals surface area contributed by atoms with Gasteiger partial charge in [0, 0.05) is 6.20 Å². The molecule has 1 aromatic heterocycles. The van der Waals surface area contributed by atoms with E-state index < -0.39 is 0 Å². The van der Waals surface area contributed by atoms with E-state index in [2.05, 4.69) is 17.1 Å². The van der Waals surface area contributed by atoms with Crippen LogP contribution in [0.3, 0.4) is 0 Å². The smallest absolute Gasteiger partial charge is 0.312 e. The minimum Gasteiger partial charge on any atom is -0.462 e. The minimum atomic E-state index is -0.218. The SMILES string of the molecule is CC(CCc1ccccc1)OC(=O)Cc1ccccn1. The molecule has 1 aromatic carbocycles. The fraction of sp³-hybridized carbons (Fsp3) is 0.294. The molecule has 1 heterocycles. The zero-order valence-corrected chi connectivity index (χ0v) is 11.7. The van der Waals surface area contributed by atoms with Crippen LogP contribution < -0.4 is 0 Å². The van der Waals surface area contributed by atoms with Crippen molar-refractivity contribution in [1.82, 2.24) is 4.98 Å². The lowest BCUT2D eigenvalue weighted by atomic mass is 10.1. The molecule has 3 nitrogen and oxygen atoms in total. The highest BCUT2D eigenvalue weighted by molar-refractivity contribution is 5.72. The van der Waals surface area contributed by atoms with Crippen LogP contribution in [0.1, 0.15) is 24.6 Å². The van der Waals surface area contributed by atoms with Gasteiger partial charge in [-0.25, -0.2) is 0 Å². The molecule has 3 heteroatoms. The minimum absolute atomic E-state index is 0.0774. The second-order valence-corrected chi connectivity index (χ2v) is 4.82. The number of hydrogen-bond acceptors (Lipinski definition) is 3. The molecule has 0 aliphatic heterocycles. The molecule has 0 bridgehead atoms. The van der Waals surface area contributed by atoms with E-state index in [9.17, 15) is 4.79 Å². The summed E-state index contributed by atoms with van der Waals surface area (Å²) in [6.45, 7) is 1.93. The van der Waals surface area contributed by atoms with E-state index in [0.717, 1.165) is 18.5 Å². The number of aromatic nitrogens is 1. The Balaban J connectivity index is 1.74. The Morgan fingerprint density at radius 3 is 2.60 bits per heavy atom. The Bertz CT molecular complexity index is 525. The largest absolute Gasteiger partial charge is 0.462 e. The molecule has 0 N–H and O–H groups in total. The Morgan fingerprint density at radius 2 is 1.90 bits per heavy atom. The van der Waals surface area contributed by atoms with E-state index in [1.165, 1.54) is 5.56 Å². The summed E-state index contributed by atoms with van der Waals surface area (Å²) in [5.41, 5.74) is 2.01. The van der Waals surface area contributed by atoms with Gasteiger partial charge in [0.15, 0.2) is 0 Å². The molecule has 0 aliphatic carbocycles. The number of aryl methyl sites for hydroxylation is 1. The first-order chi connectivity index (χ1) is 9.74. The predicted molar refractivity (Wildman–Crippen MR) is 78.3 cm³/mol. The fourth-order valence-corrected chi connectivity index (χ4v) is 1.99. The van der Waals surface area contributed by atoms with Crippen molar-refractivity contribution in [3.8, 4) is 0 Å². The summed E-state index contributed by atoms with van der Waals surface area (Å²) in [6, 6.07) is 15.7. The molecule has 1 unspecified atom stereocenters. The van der Waals surface area contributed by atoms with Gasteiger partial charge in [0.25, 0.3) is 0 Å². The van der Waals surface area contributed by atoms with E-state index in [0.29, 0.717) is 0 Å². The Hall–Kier alpha value is -2.16. The average molecular weight is 269 g/mol. The third kappa shape index (κ3) is 4.84. The number of pyridine rings is 1. The molecular formula is C17H19NO2. The topological polar surface area (TPSA) is 39.2 Å². The summed E-state index contributed by atoms with van der Waals surface area (Å²) in [6.07, 6.45) is 3.58. The van der Waals surface area contributed by atoms with Gasteiger partial charge < -0.3 is 4.74 Å². The fourth-order valence-electron chi connectivity index (χ4n) is 1.99. The molecule has 1 atom stereocenters. The van der Waals surface area contributed by atoms with E-state index in [1.807, 2.05) is 43.3 Å². The number of hydrogen-bond donors (Lipinski definition) is 0. The Labute approximate surface area is 119 Å². The van der Waals surface area contributed by atoms with Crippen LogP contribution in [0.4, 0.5) is 0 Å². The molecule has 0 aliphatic rings. The molecule has 104 valence electrons. The maximum Gasteiger partial charge on any atom is 0.312 e. The van der Waals surface area contributed by atoms with Crippen molar-refractivity contribution < 1.29 is 9.53 Å². The molecule has 0 saturated heterocycles. The molecule has 20 heavy (non-hydrogen) atoms. The zero-order chi connectivity index (χ0) is 14.2. The van der Waals surface area contributed by atoms with Crippen molar-refractivity contribution in [2.75, 3.05) is 0 Å². The van der Waals surface area contributed by atoms with Crippen LogP contribution >= 0.6 is 0 Å². The molecule has 0 spiro atoms. The van der Waals surface area contributed by atoms with Gasteiger partial charge in [-0.2, -0.15) is 0 Å². The highest BCUT2D eigenvalue weighted by atomic mass is 16.5. The van der Waals surface area contributed by atoms with Gasteiger partial charge in [-0.05, 0) is 37.5 Å². The summed E-state index contributed by atoms with van der Waals surface area (Å²) < 4.78 is 5.40. The first-order valence-corrected chi connectivity index (χ1v) is 6.87. The van der Waals surface area contributed by atoms with Crippen LogP contribution in [0.2, 0.25) is 0 Å². The number of benzene rings is 1. The average Bonchev–Trinajstić information content (AvgIpc) is 2.47. The molecule has 0 radical (unpaired) electrons. The number of ether oxygens (including phenoxy) is 1. The van der Waals surface area contributed by atoms with Crippen molar-refractivity contribution in [2.24, 2.45) is 0 Å². The van der Waals surface area contributed by atoms with Crippen LogP contribution in [0, 0.1) is 0 Å². The second kappa shape index (κ2) is 7.43. The van der Waals surface area contributed by atoms with E-state index in [1.54, 1.807) is 6.20 Å². The first-order valence-electron chi connectivity index (χ1n) is 6.87. The summed E-state index contributed by atoms with van der Waals surface area (Å²) >= 11 is 0. The van der Waals surface area contributed by atoms with Crippen LogP contribution in [0.25, 0.3) is 0 Å². The highest BCUT2D eigenvalue weighted by Crippen LogP contribution is 2.08. The number of rotatable bonds is 6. The summed E-state index contributed by atoms with van der Waals surface area (Å²) in [5.74, 6) is -0.218. The van der Waals surface area contributed by atoms with Gasteiger partial charge in [0.05, 0.1) is 18.2 Å². The summed E-state index contributed by atoms with van der Waals surface area (Å²) in [5, 5.41) is 0. The van der Waals surface area contributed by atoms with Crippen molar-refractivity contribution >= 4 is 5.97 Å². The molecule has 0 saturated carbocycles. The quantitative estimate of drug-likeness (QED) is 0.756. The van der Waals surface area contributed by atoms with Gasteiger partial charge in [-0.15, -0.1) is 0 Å². The monoisotopic (exact) mass is 269 g/mol. The summed E-state index contributed by atoms with van der Waals surface area (Å²) in [4.78, 5) is 15.9. The second-order valence-electron chi connectivity index (χ2n) is 4.82. The molecule has 0 amide bonds. The standard InChI is InChI=1S/C17H19NO2/c1-14(10-11-15-7-3-2-4-8-15)20-17(19)13-16-9-5-6-12-18-16/h2-9,12,14H,10-11,13H2,1H3. The van der Waals surface area contributed by atoms with Gasteiger partial charge in [0.1, 0.15) is 0 Å². The number of nitrogens with zero attached hydrogens (tertiary/aromatic N) is 1. The van der Waals surface area contributed by atoms with Crippen molar-refractivity contribution in [2.45, 2.75) is 32.3 Å². The zero-order valence-electron chi connectivity index (χ0n) is 11.7. The number of carbonyl (C=O) groups excluding carboxylic acids is 1. The van der Waals surface area contributed by atoms with Gasteiger partial charge >= 0.3 is 5.97 Å². The van der Waals surface area contributed by atoms with Gasteiger partial charge in [-0.1, -0.05) is 36.4 Å². The summed E-state index contributed by atoms with van der Waals surface area (Å²) in [7, 11) is 0. The molecule has 2 rings (SSSR count). The maximum absolute atomic E-state index is 11.8. The highest BCUT2D eigenvalue weighted by Gasteiger charge is 2.10. The van der Waals surface area contributed by atoms with Crippen LogP contribution in [-0.2, 0) is 22.4 Å². The number of esters is 1. The third-order valence-electron chi connectivity index (χ3n) is 3.07. The first kappa shape index (κ1) is 14.3. The van der Waals surface area contributed by atoms with E-state index >= 15 is 0 Å². The van der Waals surface area contributed by atoms with Gasteiger partial charge in [0.2, 0.25) is 0 Å². The Morgan fingerprint density at radius 1 is 1.15 bits per heavy atom. The van der Waals surface area contributed by atoms with Crippen molar-refractivity contribution in [3.63, 3.8) is 0 Å². The van der Waals surface area contributed by atoms with E-state index in [-0.39, 0.29) is 18.5 Å². The van der Waals surface area contributed by atoms with Crippen molar-refractivity contribution in [1.29, 1.82) is 0 Å². The maximum atomic E-state index is 11.8. The lowest BCUT2D eigenvalue weighted by Crippen LogP contribution is -2.17. The van der Waals surface area contributed by atoms with E-state index in [4.69, 9.17) is 4.74 Å². The molecule has 0 fully saturated rings. The lowest BCUT2D eigenvalue weighted by molar-refractivity contribution is -0.147. The van der Waals surface area contributed by atoms with Crippen LogP contribution in [0.15, 0.2) is 54.7 Å². The lowest BCUT2D eigenvalue weighted by Gasteiger charge is -2.13. The van der Waals surface area contributed by atoms with Crippen LogP contribution in [-0.4, -0.2) is 17.1 Å². The normalized spacial score (nSPS) is 11.8. The molecule has 2 aromatic rings. The van der Waals surface area contributed by atoms with Gasteiger partial charge in [-0.3, -0.25) is 9.78 Å². The predicted octanol–water partition coefficient (Wildman–Crippen LogP) is 3.19. The number of carbonyl (C=O) groups is 1.